The highest BCUT2D eigenvalue weighted by atomic mass is 16.4. The van der Waals surface area contributed by atoms with Crippen LogP contribution in [-0.4, -0.2) is 44.9 Å². The fourth-order valence-electron chi connectivity index (χ4n) is 2.63. The molecule has 0 bridgehead atoms. The van der Waals surface area contributed by atoms with Crippen LogP contribution in [-0.2, 0) is 9.59 Å². The summed E-state index contributed by atoms with van der Waals surface area (Å²) in [6.45, 7) is 2.09. The number of aliphatic hydroxyl groups excluding tert-OH is 3. The normalized spacial score (nSPS) is 15.7. The van der Waals surface area contributed by atoms with Gasteiger partial charge in [-0.05, 0) is 38.2 Å². The molecule has 150 valence electrons. The molecule has 0 aromatic heterocycles. The van der Waals surface area contributed by atoms with Gasteiger partial charge in [0.1, 0.15) is 6.29 Å². The first kappa shape index (κ1) is 24.3. The van der Waals surface area contributed by atoms with Crippen LogP contribution in [0.2, 0.25) is 0 Å². The molecule has 0 aliphatic heterocycles. The van der Waals surface area contributed by atoms with Gasteiger partial charge in [-0.25, -0.2) is 0 Å². The van der Waals surface area contributed by atoms with Gasteiger partial charge in [-0.1, -0.05) is 38.3 Å². The third-order valence-electron chi connectivity index (χ3n) is 4.24. The molecule has 0 amide bonds. The highest BCUT2D eigenvalue weighted by Crippen LogP contribution is 2.22. The minimum Gasteiger partial charge on any atom is -0.512 e. The van der Waals surface area contributed by atoms with E-state index in [1.165, 1.54) is 6.08 Å². The zero-order valence-electron chi connectivity index (χ0n) is 15.7. The van der Waals surface area contributed by atoms with Gasteiger partial charge in [-0.2, -0.15) is 0 Å². The van der Waals surface area contributed by atoms with E-state index in [1.54, 1.807) is 6.08 Å². The lowest BCUT2D eigenvalue weighted by Crippen LogP contribution is -2.23. The van der Waals surface area contributed by atoms with E-state index in [9.17, 15) is 24.9 Å². The number of unbranched alkanes of at least 4 members (excludes halogenated alkanes) is 3. The SMILES string of the molecule is CCCCC[C@H](O)C/C=C(\O)[C@@H](C/C=C\CCCC(=O)O)[C@@H](O)CC=O. The van der Waals surface area contributed by atoms with Gasteiger partial charge in [0.05, 0.1) is 18.0 Å². The van der Waals surface area contributed by atoms with Gasteiger partial charge in [0.25, 0.3) is 0 Å². The molecule has 0 aliphatic rings. The minimum absolute atomic E-state index is 0.0240. The largest absolute Gasteiger partial charge is 0.512 e. The second-order valence-electron chi connectivity index (χ2n) is 6.58. The number of rotatable bonds is 16. The van der Waals surface area contributed by atoms with E-state index in [4.69, 9.17) is 5.11 Å². The van der Waals surface area contributed by atoms with Crippen molar-refractivity contribution in [1.82, 2.24) is 0 Å². The number of allylic oxidation sites excluding steroid dienone is 2. The summed E-state index contributed by atoms with van der Waals surface area (Å²) in [6.07, 6.45) is 9.74. The van der Waals surface area contributed by atoms with Crippen molar-refractivity contribution >= 4 is 12.3 Å². The van der Waals surface area contributed by atoms with Gasteiger partial charge in [0.15, 0.2) is 0 Å². The molecule has 0 aliphatic carbocycles. The summed E-state index contributed by atoms with van der Waals surface area (Å²) in [5.41, 5.74) is 0. The number of carbonyl (C=O) groups is 2. The van der Waals surface area contributed by atoms with E-state index < -0.39 is 24.1 Å². The first-order valence-corrected chi connectivity index (χ1v) is 9.47. The van der Waals surface area contributed by atoms with E-state index in [2.05, 4.69) is 6.92 Å². The molecule has 0 radical (unpaired) electrons. The average molecular weight is 370 g/mol. The maximum Gasteiger partial charge on any atom is 0.303 e. The van der Waals surface area contributed by atoms with E-state index in [-0.39, 0.29) is 18.6 Å². The second kappa shape index (κ2) is 15.6. The van der Waals surface area contributed by atoms with Gasteiger partial charge in [0.2, 0.25) is 0 Å². The number of hydrogen-bond acceptors (Lipinski definition) is 5. The van der Waals surface area contributed by atoms with Crippen LogP contribution in [0.1, 0.15) is 71.1 Å². The Morgan fingerprint density at radius 3 is 2.35 bits per heavy atom. The van der Waals surface area contributed by atoms with Crippen LogP contribution < -0.4 is 0 Å². The van der Waals surface area contributed by atoms with Crippen molar-refractivity contribution in [3.05, 3.63) is 24.0 Å². The summed E-state index contributed by atoms with van der Waals surface area (Å²) >= 11 is 0. The number of carbonyl (C=O) groups excluding carboxylic acids is 1. The van der Waals surface area contributed by atoms with Crippen molar-refractivity contribution in [2.45, 2.75) is 83.3 Å². The van der Waals surface area contributed by atoms with Crippen molar-refractivity contribution in [1.29, 1.82) is 0 Å². The van der Waals surface area contributed by atoms with Crippen molar-refractivity contribution in [2.75, 3.05) is 0 Å². The predicted molar refractivity (Wildman–Crippen MR) is 101 cm³/mol. The molecule has 6 heteroatoms. The first-order chi connectivity index (χ1) is 12.4. The third-order valence-corrected chi connectivity index (χ3v) is 4.24. The van der Waals surface area contributed by atoms with Crippen molar-refractivity contribution in [3.8, 4) is 0 Å². The Hall–Kier alpha value is -1.66. The molecule has 0 aromatic rings. The highest BCUT2D eigenvalue weighted by Gasteiger charge is 2.22. The van der Waals surface area contributed by atoms with Gasteiger partial charge < -0.3 is 25.2 Å². The van der Waals surface area contributed by atoms with Crippen LogP contribution in [0.4, 0.5) is 0 Å². The maximum atomic E-state index is 10.7. The van der Waals surface area contributed by atoms with Crippen molar-refractivity contribution in [2.24, 2.45) is 5.92 Å². The molecule has 0 saturated carbocycles. The highest BCUT2D eigenvalue weighted by molar-refractivity contribution is 5.66. The molecule has 0 unspecified atom stereocenters. The fourth-order valence-corrected chi connectivity index (χ4v) is 2.63. The van der Waals surface area contributed by atoms with Crippen LogP contribution in [0.5, 0.6) is 0 Å². The molecule has 26 heavy (non-hydrogen) atoms. The van der Waals surface area contributed by atoms with Gasteiger partial charge in [0, 0.05) is 18.8 Å². The van der Waals surface area contributed by atoms with E-state index in [1.807, 2.05) is 6.08 Å². The lowest BCUT2D eigenvalue weighted by atomic mass is 9.92. The molecule has 3 atom stereocenters. The minimum atomic E-state index is -0.996. The molecular weight excluding hydrogens is 336 g/mol. The second-order valence-corrected chi connectivity index (χ2v) is 6.58. The molecule has 0 fully saturated rings. The smallest absolute Gasteiger partial charge is 0.303 e. The Labute approximate surface area is 156 Å². The number of aliphatic carboxylic acids is 1. The van der Waals surface area contributed by atoms with Gasteiger partial charge in [-0.15, -0.1) is 0 Å². The topological polar surface area (TPSA) is 115 Å². The van der Waals surface area contributed by atoms with Gasteiger partial charge in [-0.3, -0.25) is 4.79 Å². The summed E-state index contributed by atoms with van der Waals surface area (Å²) in [6, 6.07) is 0. The number of carboxylic acids is 1. The Morgan fingerprint density at radius 2 is 1.73 bits per heavy atom. The molecule has 0 spiro atoms. The van der Waals surface area contributed by atoms with Crippen LogP contribution in [0.25, 0.3) is 0 Å². The first-order valence-electron chi connectivity index (χ1n) is 9.47. The quantitative estimate of drug-likeness (QED) is 0.143. The Balaban J connectivity index is 4.58. The molecule has 6 nitrogen and oxygen atoms in total. The van der Waals surface area contributed by atoms with Crippen molar-refractivity contribution in [3.63, 3.8) is 0 Å². The predicted octanol–water partition coefficient (Wildman–Crippen LogP) is 3.53. The number of aldehydes is 1. The van der Waals surface area contributed by atoms with Crippen LogP contribution in [0, 0.1) is 5.92 Å². The van der Waals surface area contributed by atoms with Crippen LogP contribution in [0.3, 0.4) is 0 Å². The van der Waals surface area contributed by atoms with Crippen LogP contribution in [0.15, 0.2) is 24.0 Å². The van der Waals surface area contributed by atoms with Crippen molar-refractivity contribution < 1.29 is 30.0 Å². The Bertz CT molecular complexity index is 444. The number of hydrogen-bond donors (Lipinski definition) is 4. The zero-order chi connectivity index (χ0) is 19.8. The van der Waals surface area contributed by atoms with E-state index in [0.717, 1.165) is 19.3 Å². The summed E-state index contributed by atoms with van der Waals surface area (Å²) in [4.78, 5) is 21.1. The molecule has 0 saturated heterocycles. The Morgan fingerprint density at radius 1 is 1.00 bits per heavy atom. The summed E-state index contributed by atoms with van der Waals surface area (Å²) in [5, 5.41) is 38.9. The summed E-state index contributed by atoms with van der Waals surface area (Å²) in [7, 11) is 0. The maximum absolute atomic E-state index is 10.7. The lowest BCUT2D eigenvalue weighted by Gasteiger charge is -2.20. The Kier molecular flexibility index (Phi) is 14.6. The molecule has 0 aromatic carbocycles. The third kappa shape index (κ3) is 12.7. The standard InChI is InChI=1S/C20H34O6/c1-2-3-6-9-16(22)12-13-18(23)17(19(24)14-15-21)10-7-4-5-8-11-20(25)26/h4,7,13,15-17,19,22-24H,2-3,5-6,8-12,14H2,1H3,(H,25,26)/b7-4-,18-13-/t16-,17+,19-/m0/s1. The van der Waals surface area contributed by atoms with Crippen LogP contribution >= 0.6 is 0 Å². The summed E-state index contributed by atoms with van der Waals surface area (Å²) in [5.74, 6) is -1.47. The number of aliphatic hydroxyl groups is 3. The number of carboxylic acid groups (broad SMARTS) is 1. The fraction of sp³-hybridized carbons (Fsp3) is 0.700. The average Bonchev–Trinajstić information content (AvgIpc) is 2.59. The van der Waals surface area contributed by atoms with E-state index in [0.29, 0.717) is 38.4 Å². The lowest BCUT2D eigenvalue weighted by molar-refractivity contribution is -0.137. The molecule has 0 heterocycles. The van der Waals surface area contributed by atoms with Gasteiger partial charge >= 0.3 is 5.97 Å². The monoisotopic (exact) mass is 370 g/mol. The summed E-state index contributed by atoms with van der Waals surface area (Å²) < 4.78 is 0. The molecule has 4 N–H and O–H groups in total. The molecular formula is C20H34O6. The molecule has 0 rings (SSSR count). The zero-order valence-corrected chi connectivity index (χ0v) is 15.7. The van der Waals surface area contributed by atoms with E-state index >= 15 is 0 Å².